The second kappa shape index (κ2) is 15.6. The van der Waals surface area contributed by atoms with Crippen LogP contribution in [0.1, 0.15) is 45.6 Å². The minimum absolute atomic E-state index is 0.317. The van der Waals surface area contributed by atoms with E-state index in [1.54, 1.807) is 12.1 Å². The molecule has 0 heterocycles. The van der Waals surface area contributed by atoms with Crippen LogP contribution in [-0.2, 0) is 6.67 Å². The highest BCUT2D eigenvalue weighted by molar-refractivity contribution is 5.78. The molecule has 0 saturated heterocycles. The molecule has 202 valence electrons. The van der Waals surface area contributed by atoms with Crippen LogP contribution in [0.2, 0.25) is 0 Å². The van der Waals surface area contributed by atoms with Crippen LogP contribution in [0.4, 0.5) is 22.1 Å². The molecule has 0 N–H and O–H groups in total. The van der Waals surface area contributed by atoms with Gasteiger partial charge in [0, 0.05) is 28.8 Å². The molecule has 3 aromatic rings. The number of alkyl halides is 1. The van der Waals surface area contributed by atoms with Crippen molar-refractivity contribution in [3.05, 3.63) is 71.5 Å². The molecule has 3 aromatic carbocycles. The Kier molecular flexibility index (Phi) is 12.5. The summed E-state index contributed by atoms with van der Waals surface area (Å²) in [7, 11) is 0. The molecule has 0 aliphatic carbocycles. The van der Waals surface area contributed by atoms with Crippen LogP contribution >= 0.6 is 0 Å². The number of hydrogen-bond acceptors (Lipinski definition) is 4. The highest BCUT2D eigenvalue weighted by Gasteiger charge is 2.17. The van der Waals surface area contributed by atoms with Gasteiger partial charge in [-0.15, -0.1) is 0 Å². The summed E-state index contributed by atoms with van der Waals surface area (Å²) in [5, 5.41) is 0. The van der Waals surface area contributed by atoms with Crippen LogP contribution in [-0.4, -0.2) is 19.8 Å². The quantitative estimate of drug-likeness (QED) is 0.222. The van der Waals surface area contributed by atoms with Crippen molar-refractivity contribution in [2.75, 3.05) is 19.8 Å². The summed E-state index contributed by atoms with van der Waals surface area (Å²) in [6.45, 7) is 7.61. The van der Waals surface area contributed by atoms with Crippen LogP contribution < -0.4 is 19.2 Å². The van der Waals surface area contributed by atoms with E-state index in [0.29, 0.717) is 37.5 Å². The molecule has 0 unspecified atom stereocenters. The number of halogens is 5. The Labute approximate surface area is 213 Å². The molecular formula is C28H31F5O4. The largest absolute Gasteiger partial charge is 0.493 e. The minimum atomic E-state index is -1.41. The van der Waals surface area contributed by atoms with Crippen molar-refractivity contribution in [1.29, 1.82) is 0 Å². The topological polar surface area (TPSA) is 36.9 Å². The van der Waals surface area contributed by atoms with Crippen molar-refractivity contribution in [2.45, 2.75) is 46.7 Å². The van der Waals surface area contributed by atoms with E-state index in [-0.39, 0.29) is 0 Å². The molecule has 0 aliphatic rings. The summed E-state index contributed by atoms with van der Waals surface area (Å²) in [6, 6.07) is 11.9. The van der Waals surface area contributed by atoms with Gasteiger partial charge in [-0.25, -0.2) is 17.6 Å². The Hall–Kier alpha value is -3.49. The highest BCUT2D eigenvalue weighted by Crippen LogP contribution is 2.42. The summed E-state index contributed by atoms with van der Waals surface area (Å²) < 4.78 is 78.6. The monoisotopic (exact) mass is 526 g/mol. The molecule has 0 bridgehead atoms. The first-order valence-corrected chi connectivity index (χ1v) is 12.0. The maximum absolute atomic E-state index is 12.9. The molecule has 37 heavy (non-hydrogen) atoms. The lowest BCUT2D eigenvalue weighted by Gasteiger charge is -2.18. The molecule has 0 atom stereocenters. The van der Waals surface area contributed by atoms with Gasteiger partial charge in [-0.2, -0.15) is 0 Å². The first kappa shape index (κ1) is 29.7. The van der Waals surface area contributed by atoms with Gasteiger partial charge in [0.05, 0.1) is 25.4 Å². The summed E-state index contributed by atoms with van der Waals surface area (Å²) in [6.07, 6.45) is 2.75. The number of rotatable bonds is 12. The fourth-order valence-corrected chi connectivity index (χ4v) is 3.17. The average molecular weight is 527 g/mol. The number of benzene rings is 3. The maximum atomic E-state index is 12.9. The van der Waals surface area contributed by atoms with Gasteiger partial charge in [0.2, 0.25) is 5.75 Å². The fourth-order valence-electron chi connectivity index (χ4n) is 3.17. The van der Waals surface area contributed by atoms with E-state index in [0.717, 1.165) is 47.6 Å². The third-order valence-corrected chi connectivity index (χ3v) is 4.87. The zero-order valence-corrected chi connectivity index (χ0v) is 21.1. The molecule has 0 aromatic heterocycles. The maximum Gasteiger partial charge on any atom is 0.243 e. The fraction of sp³-hybridized carbons (Fsp3) is 0.357. The lowest BCUT2D eigenvalue weighted by atomic mass is 10.0. The summed E-state index contributed by atoms with van der Waals surface area (Å²) in [5.74, 6) is -2.96. The molecule has 0 saturated carbocycles. The third-order valence-electron chi connectivity index (χ3n) is 4.87. The van der Waals surface area contributed by atoms with Crippen LogP contribution in [0.3, 0.4) is 0 Å². The van der Waals surface area contributed by atoms with Crippen LogP contribution in [0.5, 0.6) is 23.0 Å². The summed E-state index contributed by atoms with van der Waals surface area (Å²) in [5.41, 5.74) is 2.49. The van der Waals surface area contributed by atoms with E-state index in [4.69, 9.17) is 14.2 Å². The molecular weight excluding hydrogens is 495 g/mol. The summed E-state index contributed by atoms with van der Waals surface area (Å²) in [4.78, 5) is 2.81. The Bertz CT molecular complexity index is 1050. The first-order valence-electron chi connectivity index (χ1n) is 12.0. The summed E-state index contributed by atoms with van der Waals surface area (Å²) >= 11 is 0. The Morgan fingerprint density at radius 2 is 1.16 bits per heavy atom. The van der Waals surface area contributed by atoms with Crippen molar-refractivity contribution >= 4 is 0 Å². The normalized spacial score (nSPS) is 10.4. The Morgan fingerprint density at radius 3 is 1.59 bits per heavy atom. The predicted molar refractivity (Wildman–Crippen MR) is 132 cm³/mol. The molecule has 9 heteroatoms. The lowest BCUT2D eigenvalue weighted by Crippen LogP contribution is -2.04. The first-order chi connectivity index (χ1) is 17.9. The average Bonchev–Trinajstić information content (AvgIpc) is 2.89. The van der Waals surface area contributed by atoms with Crippen LogP contribution in [0.15, 0.2) is 48.5 Å². The van der Waals surface area contributed by atoms with E-state index in [1.165, 1.54) is 0 Å². The number of ether oxygens (including phenoxy) is 3. The third kappa shape index (κ3) is 8.84. The van der Waals surface area contributed by atoms with E-state index in [9.17, 15) is 22.1 Å². The van der Waals surface area contributed by atoms with Crippen molar-refractivity contribution in [3.8, 4) is 34.1 Å². The molecule has 3 rings (SSSR count). The van der Waals surface area contributed by atoms with Gasteiger partial charge >= 0.3 is 0 Å². The Balaban J connectivity index is 0.000000364. The van der Waals surface area contributed by atoms with Crippen molar-refractivity contribution in [3.63, 3.8) is 0 Å². The minimum Gasteiger partial charge on any atom is -0.493 e. The van der Waals surface area contributed by atoms with Crippen LogP contribution in [0.25, 0.3) is 11.1 Å². The van der Waals surface area contributed by atoms with E-state index < -0.39 is 29.9 Å². The van der Waals surface area contributed by atoms with E-state index >= 15 is 0 Å². The van der Waals surface area contributed by atoms with Gasteiger partial charge in [-0.1, -0.05) is 45.0 Å². The second-order valence-electron chi connectivity index (χ2n) is 7.95. The van der Waals surface area contributed by atoms with E-state index in [2.05, 4.69) is 25.7 Å². The van der Waals surface area contributed by atoms with Gasteiger partial charge in [-0.05, 0) is 30.4 Å². The molecule has 0 spiro atoms. The number of hydrogen-bond donors (Lipinski definition) is 0. The van der Waals surface area contributed by atoms with Gasteiger partial charge < -0.3 is 14.2 Å². The standard InChI is InChI=1S/C22H29FO3.C6H2F4O/c1-4-11-24-19-14-20(25-12-5-2)22(21(15-19)26-13-6-3)18-9-7-17(16-23)8-10-18;7-3-1-4(8)6(11-10)5(9)2-3/h7-10,14-15H,4-6,11-13,16H2,1-3H3;1-2H. The predicted octanol–water partition coefficient (Wildman–Crippen LogP) is 8.56. The SMILES string of the molecule is CCCOc1cc(OCCC)c(-c2ccc(CF)cc2)c(OCCC)c1.FOc1c(F)cc(F)cc1F. The Morgan fingerprint density at radius 1 is 0.676 bits per heavy atom. The molecule has 0 amide bonds. The zero-order chi connectivity index (χ0) is 27.2. The van der Waals surface area contributed by atoms with Gasteiger partial charge in [0.25, 0.3) is 0 Å². The van der Waals surface area contributed by atoms with Gasteiger partial charge in [-0.3, -0.25) is 4.94 Å². The van der Waals surface area contributed by atoms with Gasteiger partial charge in [0.15, 0.2) is 11.6 Å². The molecule has 4 nitrogen and oxygen atoms in total. The van der Waals surface area contributed by atoms with Crippen LogP contribution in [0, 0.1) is 17.5 Å². The second-order valence-corrected chi connectivity index (χ2v) is 7.95. The molecule has 0 aliphatic heterocycles. The van der Waals surface area contributed by atoms with E-state index in [1.807, 2.05) is 24.3 Å². The van der Waals surface area contributed by atoms with Gasteiger partial charge in [0.1, 0.15) is 29.7 Å². The smallest absolute Gasteiger partial charge is 0.243 e. The van der Waals surface area contributed by atoms with Crippen molar-refractivity contribution in [1.82, 2.24) is 0 Å². The lowest BCUT2D eigenvalue weighted by molar-refractivity contribution is -0.0154. The zero-order valence-electron chi connectivity index (χ0n) is 21.1. The van der Waals surface area contributed by atoms with Crippen molar-refractivity contribution in [2.24, 2.45) is 0 Å². The van der Waals surface area contributed by atoms with Crippen molar-refractivity contribution < 1.29 is 41.2 Å². The highest BCUT2D eigenvalue weighted by atomic mass is 19.3. The molecule has 0 fully saturated rings. The molecule has 0 radical (unpaired) electrons.